The minimum atomic E-state index is 0.223. The Morgan fingerprint density at radius 3 is 2.60 bits per heavy atom. The number of hydrogen-bond donors (Lipinski definition) is 1. The van der Waals surface area contributed by atoms with E-state index in [4.69, 9.17) is 0 Å². The topological polar surface area (TPSA) is 15.3 Å². The zero-order valence-electron chi connectivity index (χ0n) is 13.2. The van der Waals surface area contributed by atoms with Crippen LogP contribution in [0.3, 0.4) is 0 Å². The van der Waals surface area contributed by atoms with E-state index in [0.29, 0.717) is 0 Å². The molecular weight excluding hydrogens is 244 g/mol. The van der Waals surface area contributed by atoms with Gasteiger partial charge in [0.2, 0.25) is 0 Å². The lowest BCUT2D eigenvalue weighted by molar-refractivity contribution is 0.514. The Bertz CT molecular complexity index is 457. The second-order valence-corrected chi connectivity index (χ2v) is 7.55. The van der Waals surface area contributed by atoms with Crippen LogP contribution in [0.15, 0.2) is 24.3 Å². The van der Waals surface area contributed by atoms with Crippen molar-refractivity contribution in [2.45, 2.75) is 51.5 Å². The summed E-state index contributed by atoms with van der Waals surface area (Å²) in [6, 6.07) is 9.79. The highest BCUT2D eigenvalue weighted by molar-refractivity contribution is 5.57. The van der Waals surface area contributed by atoms with Gasteiger partial charge in [0.05, 0.1) is 0 Å². The SMILES string of the molecule is CC(C)(C)c1ccccc1N1CCC(CNC2CC2)C1. The van der Waals surface area contributed by atoms with Gasteiger partial charge in [-0.2, -0.15) is 0 Å². The number of para-hydroxylation sites is 1. The second-order valence-electron chi connectivity index (χ2n) is 7.55. The quantitative estimate of drug-likeness (QED) is 0.901. The summed E-state index contributed by atoms with van der Waals surface area (Å²) in [6.07, 6.45) is 4.12. The van der Waals surface area contributed by atoms with Crippen molar-refractivity contribution < 1.29 is 0 Å². The van der Waals surface area contributed by atoms with Gasteiger partial charge in [-0.25, -0.2) is 0 Å². The van der Waals surface area contributed by atoms with E-state index in [2.05, 4.69) is 55.3 Å². The molecule has 0 bridgehead atoms. The van der Waals surface area contributed by atoms with Crippen LogP contribution in [0, 0.1) is 5.92 Å². The summed E-state index contributed by atoms with van der Waals surface area (Å²) in [5.74, 6) is 0.823. The largest absolute Gasteiger partial charge is 0.371 e. The minimum absolute atomic E-state index is 0.223. The average Bonchev–Trinajstić information content (AvgIpc) is 3.12. The van der Waals surface area contributed by atoms with Crippen LogP contribution in [0.25, 0.3) is 0 Å². The fourth-order valence-corrected chi connectivity index (χ4v) is 3.22. The van der Waals surface area contributed by atoms with Crippen LogP contribution in [0.4, 0.5) is 5.69 Å². The molecule has 1 aromatic rings. The standard InChI is InChI=1S/C18H28N2/c1-18(2,3)16-6-4-5-7-17(16)20-11-10-14(13-20)12-19-15-8-9-15/h4-7,14-15,19H,8-13H2,1-3H3. The number of nitrogens with zero attached hydrogens (tertiary/aromatic N) is 1. The van der Waals surface area contributed by atoms with Gasteiger partial charge in [0.15, 0.2) is 0 Å². The number of benzene rings is 1. The molecule has 1 atom stereocenters. The van der Waals surface area contributed by atoms with Crippen LogP contribution in [-0.2, 0) is 5.41 Å². The van der Waals surface area contributed by atoms with Gasteiger partial charge >= 0.3 is 0 Å². The first-order chi connectivity index (χ1) is 9.54. The summed E-state index contributed by atoms with van der Waals surface area (Å²) >= 11 is 0. The van der Waals surface area contributed by atoms with Gasteiger partial charge in [0, 0.05) is 24.8 Å². The van der Waals surface area contributed by atoms with Gasteiger partial charge in [-0.1, -0.05) is 39.0 Å². The molecule has 1 aliphatic heterocycles. The molecule has 0 amide bonds. The lowest BCUT2D eigenvalue weighted by Gasteiger charge is -2.28. The highest BCUT2D eigenvalue weighted by Crippen LogP contribution is 2.34. The molecule has 2 nitrogen and oxygen atoms in total. The molecule has 110 valence electrons. The van der Waals surface area contributed by atoms with E-state index in [0.717, 1.165) is 12.0 Å². The summed E-state index contributed by atoms with van der Waals surface area (Å²) in [5, 5.41) is 3.69. The predicted molar refractivity (Wildman–Crippen MR) is 86.5 cm³/mol. The van der Waals surface area contributed by atoms with E-state index in [1.807, 2.05) is 0 Å². The van der Waals surface area contributed by atoms with E-state index in [1.165, 1.54) is 50.1 Å². The lowest BCUT2D eigenvalue weighted by Crippen LogP contribution is -2.28. The average molecular weight is 272 g/mol. The molecule has 1 unspecified atom stereocenters. The van der Waals surface area contributed by atoms with E-state index in [9.17, 15) is 0 Å². The number of anilines is 1. The first-order valence-electron chi connectivity index (χ1n) is 8.12. The van der Waals surface area contributed by atoms with Gasteiger partial charge < -0.3 is 10.2 Å². The summed E-state index contributed by atoms with van der Waals surface area (Å²) < 4.78 is 0. The lowest BCUT2D eigenvalue weighted by atomic mass is 9.85. The number of nitrogens with one attached hydrogen (secondary N) is 1. The molecule has 1 saturated carbocycles. The Hall–Kier alpha value is -1.02. The van der Waals surface area contributed by atoms with Crippen LogP contribution in [-0.4, -0.2) is 25.7 Å². The third-order valence-electron chi connectivity index (χ3n) is 4.61. The molecule has 2 aliphatic rings. The third-order valence-corrected chi connectivity index (χ3v) is 4.61. The molecule has 1 N–H and O–H groups in total. The molecule has 1 aliphatic carbocycles. The molecule has 1 saturated heterocycles. The molecule has 20 heavy (non-hydrogen) atoms. The van der Waals surface area contributed by atoms with Gasteiger partial charge in [0.25, 0.3) is 0 Å². The van der Waals surface area contributed by atoms with Crippen molar-refractivity contribution in [1.29, 1.82) is 0 Å². The molecule has 1 aromatic carbocycles. The van der Waals surface area contributed by atoms with Gasteiger partial charge in [-0.3, -0.25) is 0 Å². The smallest absolute Gasteiger partial charge is 0.0404 e. The minimum Gasteiger partial charge on any atom is -0.371 e. The first kappa shape index (κ1) is 13.9. The highest BCUT2D eigenvalue weighted by atomic mass is 15.2. The van der Waals surface area contributed by atoms with Gasteiger partial charge in [-0.05, 0) is 48.8 Å². The molecule has 3 rings (SSSR count). The van der Waals surface area contributed by atoms with Crippen LogP contribution < -0.4 is 10.2 Å². The molecular formula is C18H28N2. The summed E-state index contributed by atoms with van der Waals surface area (Å²) in [7, 11) is 0. The summed E-state index contributed by atoms with van der Waals surface area (Å²) in [5.41, 5.74) is 3.16. The van der Waals surface area contributed by atoms with Crippen molar-refractivity contribution in [2.75, 3.05) is 24.5 Å². The Balaban J connectivity index is 1.67. The maximum Gasteiger partial charge on any atom is 0.0404 e. The fourth-order valence-electron chi connectivity index (χ4n) is 3.22. The number of hydrogen-bond acceptors (Lipinski definition) is 2. The highest BCUT2D eigenvalue weighted by Gasteiger charge is 2.28. The van der Waals surface area contributed by atoms with Crippen LogP contribution in [0.5, 0.6) is 0 Å². The van der Waals surface area contributed by atoms with E-state index >= 15 is 0 Å². The maximum atomic E-state index is 3.69. The third kappa shape index (κ3) is 3.17. The Morgan fingerprint density at radius 1 is 1.15 bits per heavy atom. The van der Waals surface area contributed by atoms with Crippen molar-refractivity contribution in [1.82, 2.24) is 5.32 Å². The van der Waals surface area contributed by atoms with Gasteiger partial charge in [0.1, 0.15) is 0 Å². The molecule has 1 heterocycles. The fraction of sp³-hybridized carbons (Fsp3) is 0.667. The number of rotatable bonds is 4. The van der Waals surface area contributed by atoms with E-state index in [1.54, 1.807) is 0 Å². The zero-order chi connectivity index (χ0) is 14.2. The molecule has 2 heteroatoms. The molecule has 0 aromatic heterocycles. The second kappa shape index (κ2) is 5.40. The predicted octanol–water partition coefficient (Wildman–Crippen LogP) is 3.56. The molecule has 2 fully saturated rings. The van der Waals surface area contributed by atoms with Crippen molar-refractivity contribution in [3.8, 4) is 0 Å². The normalized spacial score (nSPS) is 23.4. The zero-order valence-corrected chi connectivity index (χ0v) is 13.2. The maximum absolute atomic E-state index is 3.69. The monoisotopic (exact) mass is 272 g/mol. The molecule has 0 radical (unpaired) electrons. The Labute approximate surface area is 123 Å². The van der Waals surface area contributed by atoms with Gasteiger partial charge in [-0.15, -0.1) is 0 Å². The van der Waals surface area contributed by atoms with Crippen LogP contribution in [0.2, 0.25) is 0 Å². The van der Waals surface area contributed by atoms with Crippen molar-refractivity contribution in [3.05, 3.63) is 29.8 Å². The van der Waals surface area contributed by atoms with Crippen LogP contribution >= 0.6 is 0 Å². The van der Waals surface area contributed by atoms with Crippen LogP contribution in [0.1, 0.15) is 45.6 Å². The Kier molecular flexibility index (Phi) is 3.76. The Morgan fingerprint density at radius 2 is 1.90 bits per heavy atom. The van der Waals surface area contributed by atoms with E-state index < -0.39 is 0 Å². The van der Waals surface area contributed by atoms with E-state index in [-0.39, 0.29) is 5.41 Å². The summed E-state index contributed by atoms with van der Waals surface area (Å²) in [6.45, 7) is 10.6. The first-order valence-corrected chi connectivity index (χ1v) is 8.12. The van der Waals surface area contributed by atoms with Crippen molar-refractivity contribution in [2.24, 2.45) is 5.92 Å². The van der Waals surface area contributed by atoms with Crippen molar-refractivity contribution >= 4 is 5.69 Å². The summed E-state index contributed by atoms with van der Waals surface area (Å²) in [4.78, 5) is 2.60. The van der Waals surface area contributed by atoms with Crippen molar-refractivity contribution in [3.63, 3.8) is 0 Å². The molecule has 0 spiro atoms.